The average Bonchev–Trinajstić information content (AvgIpc) is 2.35. The SMILES string of the molecule is CCCCNCc1cc(Br)c(OC)c(OCC)c1.Cl. The van der Waals surface area contributed by atoms with Gasteiger partial charge in [-0.3, -0.25) is 0 Å². The molecule has 1 aromatic rings. The van der Waals surface area contributed by atoms with Crippen LogP contribution in [0.3, 0.4) is 0 Å². The molecule has 0 aliphatic rings. The maximum Gasteiger partial charge on any atom is 0.174 e. The summed E-state index contributed by atoms with van der Waals surface area (Å²) >= 11 is 3.52. The van der Waals surface area contributed by atoms with Crippen LogP contribution in [0, 0.1) is 0 Å². The molecule has 0 spiro atoms. The Bertz CT molecular complexity index is 375. The van der Waals surface area contributed by atoms with Crippen LogP contribution in [-0.2, 0) is 6.54 Å². The zero-order valence-corrected chi connectivity index (χ0v) is 14.2. The van der Waals surface area contributed by atoms with E-state index in [1.54, 1.807) is 7.11 Å². The molecule has 0 radical (unpaired) electrons. The van der Waals surface area contributed by atoms with E-state index >= 15 is 0 Å². The third-order valence-electron chi connectivity index (χ3n) is 2.61. The molecule has 0 aromatic heterocycles. The van der Waals surface area contributed by atoms with E-state index in [-0.39, 0.29) is 12.4 Å². The van der Waals surface area contributed by atoms with Crippen molar-refractivity contribution in [2.75, 3.05) is 20.3 Å². The number of rotatable bonds is 8. The number of ether oxygens (including phenoxy) is 2. The highest BCUT2D eigenvalue weighted by molar-refractivity contribution is 9.10. The van der Waals surface area contributed by atoms with Crippen molar-refractivity contribution in [3.05, 3.63) is 22.2 Å². The third kappa shape index (κ3) is 6.02. The van der Waals surface area contributed by atoms with Gasteiger partial charge in [0.05, 0.1) is 18.2 Å². The topological polar surface area (TPSA) is 30.5 Å². The van der Waals surface area contributed by atoms with Crippen molar-refractivity contribution in [3.63, 3.8) is 0 Å². The van der Waals surface area contributed by atoms with Crippen molar-refractivity contribution in [1.82, 2.24) is 5.32 Å². The molecule has 0 aliphatic carbocycles. The quantitative estimate of drug-likeness (QED) is 0.712. The van der Waals surface area contributed by atoms with E-state index < -0.39 is 0 Å². The highest BCUT2D eigenvalue weighted by Gasteiger charge is 2.10. The number of halogens is 2. The zero-order chi connectivity index (χ0) is 13.4. The number of hydrogen-bond donors (Lipinski definition) is 1. The molecule has 1 N–H and O–H groups in total. The Morgan fingerprint density at radius 3 is 2.58 bits per heavy atom. The van der Waals surface area contributed by atoms with Gasteiger partial charge in [-0.2, -0.15) is 0 Å². The Balaban J connectivity index is 0.00000324. The van der Waals surface area contributed by atoms with Gasteiger partial charge in [0, 0.05) is 6.54 Å². The second-order valence-electron chi connectivity index (χ2n) is 4.07. The summed E-state index contributed by atoms with van der Waals surface area (Å²) in [5.74, 6) is 1.55. The van der Waals surface area contributed by atoms with Crippen LogP contribution < -0.4 is 14.8 Å². The van der Waals surface area contributed by atoms with Crippen LogP contribution in [0.1, 0.15) is 32.3 Å². The molecule has 5 heteroatoms. The molecule has 0 saturated heterocycles. The summed E-state index contributed by atoms with van der Waals surface area (Å²) in [7, 11) is 1.65. The van der Waals surface area contributed by atoms with Crippen LogP contribution in [-0.4, -0.2) is 20.3 Å². The molecule has 19 heavy (non-hydrogen) atoms. The number of methoxy groups -OCH3 is 1. The molecule has 0 bridgehead atoms. The minimum atomic E-state index is 0. The van der Waals surface area contributed by atoms with Gasteiger partial charge in [-0.1, -0.05) is 13.3 Å². The highest BCUT2D eigenvalue weighted by atomic mass is 79.9. The Hall–Kier alpha value is -0.450. The summed E-state index contributed by atoms with van der Waals surface area (Å²) in [4.78, 5) is 0. The lowest BCUT2D eigenvalue weighted by atomic mass is 10.2. The van der Waals surface area contributed by atoms with Gasteiger partial charge in [-0.25, -0.2) is 0 Å². The lowest BCUT2D eigenvalue weighted by Crippen LogP contribution is -2.14. The normalized spacial score (nSPS) is 9.89. The van der Waals surface area contributed by atoms with Gasteiger partial charge in [0.2, 0.25) is 0 Å². The monoisotopic (exact) mass is 351 g/mol. The molecule has 0 amide bonds. The zero-order valence-electron chi connectivity index (χ0n) is 11.8. The first kappa shape index (κ1) is 18.6. The highest BCUT2D eigenvalue weighted by Crippen LogP contribution is 2.36. The smallest absolute Gasteiger partial charge is 0.174 e. The molecule has 3 nitrogen and oxygen atoms in total. The predicted octanol–water partition coefficient (Wildman–Crippen LogP) is 4.17. The van der Waals surface area contributed by atoms with Crippen LogP contribution >= 0.6 is 28.3 Å². The lowest BCUT2D eigenvalue weighted by Gasteiger charge is -2.13. The summed E-state index contributed by atoms with van der Waals surface area (Å²) in [6.07, 6.45) is 2.42. The van der Waals surface area contributed by atoms with Gasteiger partial charge in [-0.05, 0) is 53.5 Å². The van der Waals surface area contributed by atoms with Crippen molar-refractivity contribution in [1.29, 1.82) is 0 Å². The van der Waals surface area contributed by atoms with Gasteiger partial charge in [0.1, 0.15) is 0 Å². The molecular formula is C14H23BrClNO2. The maximum absolute atomic E-state index is 5.59. The van der Waals surface area contributed by atoms with Crippen molar-refractivity contribution in [2.24, 2.45) is 0 Å². The number of hydrogen-bond acceptors (Lipinski definition) is 3. The van der Waals surface area contributed by atoms with Crippen LogP contribution in [0.2, 0.25) is 0 Å². The average molecular weight is 353 g/mol. The molecule has 0 atom stereocenters. The molecule has 0 fully saturated rings. The van der Waals surface area contributed by atoms with E-state index in [1.165, 1.54) is 18.4 Å². The fraction of sp³-hybridized carbons (Fsp3) is 0.571. The molecule has 1 aromatic carbocycles. The van der Waals surface area contributed by atoms with Crippen molar-refractivity contribution in [2.45, 2.75) is 33.2 Å². The summed E-state index contributed by atoms with van der Waals surface area (Å²) in [5, 5.41) is 3.42. The summed E-state index contributed by atoms with van der Waals surface area (Å²) < 4.78 is 11.9. The van der Waals surface area contributed by atoms with E-state index in [4.69, 9.17) is 9.47 Å². The second-order valence-corrected chi connectivity index (χ2v) is 4.93. The van der Waals surface area contributed by atoms with E-state index in [2.05, 4.69) is 34.2 Å². The fourth-order valence-corrected chi connectivity index (χ4v) is 2.37. The fourth-order valence-electron chi connectivity index (χ4n) is 1.72. The van der Waals surface area contributed by atoms with Crippen molar-refractivity contribution >= 4 is 28.3 Å². The Morgan fingerprint density at radius 2 is 2.00 bits per heavy atom. The summed E-state index contributed by atoms with van der Waals surface area (Å²) in [5.41, 5.74) is 1.20. The van der Waals surface area contributed by atoms with Crippen LogP contribution in [0.15, 0.2) is 16.6 Å². The standard InChI is InChI=1S/C14H22BrNO2.ClH/c1-4-6-7-16-10-11-8-12(15)14(17-3)13(9-11)18-5-2;/h8-9,16H,4-7,10H2,1-3H3;1H. The first-order valence-electron chi connectivity index (χ1n) is 6.42. The van der Waals surface area contributed by atoms with E-state index in [0.29, 0.717) is 6.61 Å². The third-order valence-corrected chi connectivity index (χ3v) is 3.20. The summed E-state index contributed by atoms with van der Waals surface area (Å²) in [6.45, 7) is 6.70. The largest absolute Gasteiger partial charge is 0.492 e. The summed E-state index contributed by atoms with van der Waals surface area (Å²) in [6, 6.07) is 4.10. The number of unbranched alkanes of at least 4 members (excludes halogenated alkanes) is 1. The Morgan fingerprint density at radius 1 is 1.26 bits per heavy atom. The van der Waals surface area contributed by atoms with E-state index in [9.17, 15) is 0 Å². The molecule has 0 heterocycles. The minimum Gasteiger partial charge on any atom is -0.492 e. The first-order chi connectivity index (χ1) is 8.72. The van der Waals surface area contributed by atoms with Crippen molar-refractivity contribution < 1.29 is 9.47 Å². The van der Waals surface area contributed by atoms with Crippen LogP contribution in [0.4, 0.5) is 0 Å². The van der Waals surface area contributed by atoms with Gasteiger partial charge in [0.25, 0.3) is 0 Å². The predicted molar refractivity (Wildman–Crippen MR) is 85.7 cm³/mol. The molecule has 110 valence electrons. The Labute approximate surface area is 130 Å². The number of benzene rings is 1. The first-order valence-corrected chi connectivity index (χ1v) is 7.22. The van der Waals surface area contributed by atoms with Crippen LogP contribution in [0.25, 0.3) is 0 Å². The van der Waals surface area contributed by atoms with Crippen LogP contribution in [0.5, 0.6) is 11.5 Å². The molecule has 1 rings (SSSR count). The van der Waals surface area contributed by atoms with Gasteiger partial charge >= 0.3 is 0 Å². The molecule has 0 aliphatic heterocycles. The van der Waals surface area contributed by atoms with E-state index in [1.807, 2.05) is 13.0 Å². The van der Waals surface area contributed by atoms with Gasteiger partial charge in [0.15, 0.2) is 11.5 Å². The lowest BCUT2D eigenvalue weighted by molar-refractivity contribution is 0.309. The number of nitrogens with one attached hydrogen (secondary N) is 1. The molecule has 0 unspecified atom stereocenters. The molecule has 0 saturated carbocycles. The van der Waals surface area contributed by atoms with Gasteiger partial charge in [-0.15, -0.1) is 12.4 Å². The Kier molecular flexibility index (Phi) is 10.1. The van der Waals surface area contributed by atoms with Crippen molar-refractivity contribution in [3.8, 4) is 11.5 Å². The van der Waals surface area contributed by atoms with E-state index in [0.717, 1.165) is 29.1 Å². The van der Waals surface area contributed by atoms with Gasteiger partial charge < -0.3 is 14.8 Å². The second kappa shape index (κ2) is 10.4. The maximum atomic E-state index is 5.59. The minimum absolute atomic E-state index is 0. The molecular weight excluding hydrogens is 330 g/mol.